The first kappa shape index (κ1) is 14.8. The minimum Gasteiger partial charge on any atom is -0.490 e. The minimum absolute atomic E-state index is 0.0134. The van der Waals surface area contributed by atoms with Crippen molar-refractivity contribution in [3.05, 3.63) is 63.7 Å². The minimum atomic E-state index is -0.428. The van der Waals surface area contributed by atoms with Gasteiger partial charge in [-0.2, -0.15) is 0 Å². The van der Waals surface area contributed by atoms with Gasteiger partial charge in [0.15, 0.2) is 5.75 Å². The molecule has 0 spiro atoms. The first-order chi connectivity index (χ1) is 10.2. The molecule has 2 aromatic carbocycles. The zero-order valence-electron chi connectivity index (χ0n) is 12.1. The molecule has 0 unspecified atom stereocenters. The Morgan fingerprint density at radius 3 is 2.67 bits per heavy atom. The van der Waals surface area contributed by atoms with Gasteiger partial charge in [-0.25, -0.2) is 0 Å². The quantitative estimate of drug-likeness (QED) is 0.648. The number of nitrogens with zero attached hydrogens (tertiary/aromatic N) is 1. The number of anilines is 1. The molecule has 2 aromatic rings. The molecule has 0 radical (unpaired) electrons. The van der Waals surface area contributed by atoms with Crippen molar-refractivity contribution in [3.63, 3.8) is 0 Å². The van der Waals surface area contributed by atoms with E-state index in [4.69, 9.17) is 4.74 Å². The third-order valence-corrected chi connectivity index (χ3v) is 3.32. The molecule has 0 aromatic heterocycles. The molecule has 5 heteroatoms. The molecule has 0 aliphatic heterocycles. The Morgan fingerprint density at radius 1 is 1.24 bits per heavy atom. The number of hydrogen-bond acceptors (Lipinski definition) is 4. The van der Waals surface area contributed by atoms with Crippen molar-refractivity contribution in [3.8, 4) is 5.75 Å². The molecule has 0 saturated heterocycles. The van der Waals surface area contributed by atoms with Crippen molar-refractivity contribution in [1.82, 2.24) is 0 Å². The van der Waals surface area contributed by atoms with Crippen molar-refractivity contribution in [2.75, 3.05) is 12.4 Å². The average Bonchev–Trinajstić information content (AvgIpc) is 2.52. The van der Waals surface area contributed by atoms with Crippen LogP contribution in [0.15, 0.2) is 42.5 Å². The van der Waals surface area contributed by atoms with E-state index in [-0.39, 0.29) is 11.4 Å². The summed E-state index contributed by atoms with van der Waals surface area (Å²) in [5, 5.41) is 14.3. The van der Waals surface area contributed by atoms with Crippen LogP contribution in [0.2, 0.25) is 0 Å². The van der Waals surface area contributed by atoms with Gasteiger partial charge >= 0.3 is 5.69 Å². The summed E-state index contributed by atoms with van der Waals surface area (Å²) in [5.41, 5.74) is 3.10. The Hall–Kier alpha value is -2.56. The molecular formula is C16H18N2O3. The molecule has 21 heavy (non-hydrogen) atoms. The number of hydrogen-bond donors (Lipinski definition) is 1. The molecule has 1 N–H and O–H groups in total. The lowest BCUT2D eigenvalue weighted by molar-refractivity contribution is -0.385. The third-order valence-electron chi connectivity index (χ3n) is 3.32. The number of rotatable bonds is 6. The Kier molecular flexibility index (Phi) is 4.77. The van der Waals surface area contributed by atoms with Gasteiger partial charge in [0.25, 0.3) is 0 Å². The lowest BCUT2D eigenvalue weighted by Crippen LogP contribution is -2.03. The summed E-state index contributed by atoms with van der Waals surface area (Å²) in [4.78, 5) is 10.6. The smallest absolute Gasteiger partial charge is 0.311 e. The Balaban J connectivity index is 2.17. The summed E-state index contributed by atoms with van der Waals surface area (Å²) in [6, 6.07) is 13.0. The van der Waals surface area contributed by atoms with Crippen LogP contribution in [0.5, 0.6) is 5.75 Å². The maximum absolute atomic E-state index is 11.0. The van der Waals surface area contributed by atoms with E-state index in [0.29, 0.717) is 6.54 Å². The van der Waals surface area contributed by atoms with E-state index in [1.54, 1.807) is 12.1 Å². The Bertz CT molecular complexity index is 641. The van der Waals surface area contributed by atoms with E-state index in [1.807, 2.05) is 24.3 Å². The van der Waals surface area contributed by atoms with Gasteiger partial charge in [0.05, 0.1) is 12.0 Å². The number of ether oxygens (including phenoxy) is 1. The van der Waals surface area contributed by atoms with Crippen molar-refractivity contribution in [1.29, 1.82) is 0 Å². The fraction of sp³-hybridized carbons (Fsp3) is 0.250. The van der Waals surface area contributed by atoms with Gasteiger partial charge < -0.3 is 10.1 Å². The summed E-state index contributed by atoms with van der Waals surface area (Å²) >= 11 is 0. The molecule has 2 rings (SSSR count). The molecule has 0 bridgehead atoms. The van der Waals surface area contributed by atoms with Crippen molar-refractivity contribution < 1.29 is 9.66 Å². The summed E-state index contributed by atoms with van der Waals surface area (Å²) in [6.45, 7) is 2.63. The van der Waals surface area contributed by atoms with Crippen LogP contribution in [0.25, 0.3) is 0 Å². The largest absolute Gasteiger partial charge is 0.490 e. The van der Waals surface area contributed by atoms with Crippen molar-refractivity contribution in [2.45, 2.75) is 19.9 Å². The molecule has 0 fully saturated rings. The Morgan fingerprint density at radius 2 is 2.00 bits per heavy atom. The predicted molar refractivity (Wildman–Crippen MR) is 82.8 cm³/mol. The second-order valence-electron chi connectivity index (χ2n) is 4.63. The van der Waals surface area contributed by atoms with Gasteiger partial charge in [-0.1, -0.05) is 31.2 Å². The highest BCUT2D eigenvalue weighted by Crippen LogP contribution is 2.28. The maximum Gasteiger partial charge on any atom is 0.311 e. The van der Waals surface area contributed by atoms with Crippen molar-refractivity contribution >= 4 is 11.4 Å². The average molecular weight is 286 g/mol. The van der Waals surface area contributed by atoms with Crippen LogP contribution >= 0.6 is 0 Å². The highest BCUT2D eigenvalue weighted by molar-refractivity contribution is 5.53. The van der Waals surface area contributed by atoms with Crippen molar-refractivity contribution in [2.24, 2.45) is 0 Å². The van der Waals surface area contributed by atoms with Gasteiger partial charge in [0.1, 0.15) is 0 Å². The summed E-state index contributed by atoms with van der Waals surface area (Å²) in [6.07, 6.45) is 0.936. The number of nitrogens with one attached hydrogen (secondary N) is 1. The highest BCUT2D eigenvalue weighted by atomic mass is 16.6. The van der Waals surface area contributed by atoms with Gasteiger partial charge in [0, 0.05) is 18.3 Å². The number of nitro benzene ring substituents is 1. The standard InChI is InChI=1S/C16H18N2O3/c1-3-13-6-4-5-7-14(13)17-11-12-8-9-16(21-2)15(10-12)18(19)20/h4-10,17H,3,11H2,1-2H3. The monoisotopic (exact) mass is 286 g/mol. The van der Waals surface area contributed by atoms with E-state index >= 15 is 0 Å². The first-order valence-corrected chi connectivity index (χ1v) is 6.78. The number of aryl methyl sites for hydroxylation is 1. The van der Waals surface area contributed by atoms with Gasteiger partial charge in [-0.05, 0) is 29.7 Å². The van der Waals surface area contributed by atoms with Crippen LogP contribution in [-0.2, 0) is 13.0 Å². The topological polar surface area (TPSA) is 64.4 Å². The van der Waals surface area contributed by atoms with E-state index in [9.17, 15) is 10.1 Å². The third kappa shape index (κ3) is 3.51. The predicted octanol–water partition coefficient (Wildman–Crippen LogP) is 3.78. The van der Waals surface area contributed by atoms with Crippen LogP contribution in [0.1, 0.15) is 18.1 Å². The van der Waals surface area contributed by atoms with Gasteiger partial charge in [-0.15, -0.1) is 0 Å². The lowest BCUT2D eigenvalue weighted by Gasteiger charge is -2.11. The normalized spacial score (nSPS) is 10.2. The van der Waals surface area contributed by atoms with Crippen LogP contribution in [0, 0.1) is 10.1 Å². The fourth-order valence-electron chi connectivity index (χ4n) is 2.19. The molecule has 0 amide bonds. The maximum atomic E-state index is 11.0. The molecule has 0 aliphatic rings. The van der Waals surface area contributed by atoms with Crippen LogP contribution < -0.4 is 10.1 Å². The van der Waals surface area contributed by atoms with Gasteiger partial charge in [-0.3, -0.25) is 10.1 Å². The fourth-order valence-corrected chi connectivity index (χ4v) is 2.19. The number of nitro groups is 1. The van der Waals surface area contributed by atoms with Crippen LogP contribution in [0.3, 0.4) is 0 Å². The van der Waals surface area contributed by atoms with E-state index in [2.05, 4.69) is 18.3 Å². The first-order valence-electron chi connectivity index (χ1n) is 6.78. The molecule has 0 saturated carbocycles. The van der Waals surface area contributed by atoms with Gasteiger partial charge in [0.2, 0.25) is 0 Å². The molecule has 0 atom stereocenters. The second kappa shape index (κ2) is 6.74. The number of methoxy groups -OCH3 is 1. The number of benzene rings is 2. The zero-order valence-corrected chi connectivity index (χ0v) is 12.1. The van der Waals surface area contributed by atoms with E-state index in [0.717, 1.165) is 17.7 Å². The molecule has 0 heterocycles. The lowest BCUT2D eigenvalue weighted by atomic mass is 10.1. The summed E-state index contributed by atoms with van der Waals surface area (Å²) in [5.74, 6) is 0.276. The molecule has 5 nitrogen and oxygen atoms in total. The summed E-state index contributed by atoms with van der Waals surface area (Å²) in [7, 11) is 1.43. The van der Waals surface area contributed by atoms with E-state index in [1.165, 1.54) is 12.7 Å². The Labute approximate surface area is 123 Å². The van der Waals surface area contributed by atoms with Crippen LogP contribution in [0.4, 0.5) is 11.4 Å². The van der Waals surface area contributed by atoms with E-state index < -0.39 is 4.92 Å². The molecule has 110 valence electrons. The number of para-hydroxylation sites is 1. The SMILES string of the molecule is CCc1ccccc1NCc1ccc(OC)c([N+](=O)[O-])c1. The highest BCUT2D eigenvalue weighted by Gasteiger charge is 2.15. The zero-order chi connectivity index (χ0) is 15.2. The van der Waals surface area contributed by atoms with Crippen LogP contribution in [-0.4, -0.2) is 12.0 Å². The second-order valence-corrected chi connectivity index (χ2v) is 4.63. The molecule has 0 aliphatic carbocycles. The molecular weight excluding hydrogens is 268 g/mol. The summed E-state index contributed by atoms with van der Waals surface area (Å²) < 4.78 is 5.00.